The summed E-state index contributed by atoms with van der Waals surface area (Å²) in [6.45, 7) is 0. The lowest BCUT2D eigenvalue weighted by molar-refractivity contribution is 1.63. The van der Waals surface area contributed by atoms with Crippen LogP contribution in [0.1, 0.15) is 22.3 Å². The van der Waals surface area contributed by atoms with Gasteiger partial charge in [-0.25, -0.2) is 0 Å². The van der Waals surface area contributed by atoms with Crippen molar-refractivity contribution in [3.05, 3.63) is 131 Å². The van der Waals surface area contributed by atoms with Crippen molar-refractivity contribution in [2.45, 2.75) is 0 Å². The van der Waals surface area contributed by atoms with E-state index in [0.29, 0.717) is 0 Å². The Morgan fingerprint density at radius 3 is 1.40 bits per heavy atom. The summed E-state index contributed by atoms with van der Waals surface area (Å²) in [7, 11) is 0. The van der Waals surface area contributed by atoms with Gasteiger partial charge in [-0.1, -0.05) is 109 Å². The SMILES string of the molecule is c1ccc2c(c1)C(=C1c3ccccc3-c3ccc4ccccc4c31)c1ccccc1-2. The van der Waals surface area contributed by atoms with Gasteiger partial charge in [-0.05, 0) is 66.4 Å². The van der Waals surface area contributed by atoms with Gasteiger partial charge >= 0.3 is 0 Å². The second-order valence-corrected chi connectivity index (χ2v) is 8.10. The summed E-state index contributed by atoms with van der Waals surface area (Å²) < 4.78 is 0. The molecule has 0 saturated heterocycles. The normalized spacial score (nSPS) is 13.2. The Morgan fingerprint density at radius 1 is 0.300 bits per heavy atom. The fourth-order valence-electron chi connectivity index (χ4n) is 5.38. The summed E-state index contributed by atoms with van der Waals surface area (Å²) in [6, 6.07) is 39.9. The standard InChI is InChI=1S/C30H18/c1-2-10-20-19(9-1)17-18-27-23-13-5-8-16-26(23)30(28(20)27)29-24-14-6-3-11-21(24)22-12-4-7-15-25(22)29/h1-18H. The maximum absolute atomic E-state index is 2.30. The van der Waals surface area contributed by atoms with Crippen molar-refractivity contribution < 1.29 is 0 Å². The molecule has 138 valence electrons. The molecule has 0 bridgehead atoms. The maximum atomic E-state index is 2.30. The highest BCUT2D eigenvalue weighted by Crippen LogP contribution is 2.55. The Kier molecular flexibility index (Phi) is 3.09. The average Bonchev–Trinajstić information content (AvgIpc) is 3.32. The molecule has 0 atom stereocenters. The predicted molar refractivity (Wildman–Crippen MR) is 126 cm³/mol. The molecule has 7 rings (SSSR count). The van der Waals surface area contributed by atoms with Gasteiger partial charge in [0.05, 0.1) is 0 Å². The minimum Gasteiger partial charge on any atom is -0.0616 e. The minimum absolute atomic E-state index is 1.29. The largest absolute Gasteiger partial charge is 0.0616 e. The lowest BCUT2D eigenvalue weighted by atomic mass is 9.89. The van der Waals surface area contributed by atoms with Crippen LogP contribution in [0.5, 0.6) is 0 Å². The number of fused-ring (bicyclic) bond motifs is 8. The van der Waals surface area contributed by atoms with E-state index in [1.165, 1.54) is 66.4 Å². The van der Waals surface area contributed by atoms with Crippen LogP contribution in [-0.4, -0.2) is 0 Å². The van der Waals surface area contributed by atoms with E-state index in [0.717, 1.165) is 0 Å². The molecule has 0 N–H and O–H groups in total. The lowest BCUT2D eigenvalue weighted by Crippen LogP contribution is -1.91. The van der Waals surface area contributed by atoms with Gasteiger partial charge in [-0.3, -0.25) is 0 Å². The molecule has 0 heterocycles. The van der Waals surface area contributed by atoms with Gasteiger partial charge in [0.25, 0.3) is 0 Å². The van der Waals surface area contributed by atoms with Gasteiger partial charge < -0.3 is 0 Å². The van der Waals surface area contributed by atoms with Crippen LogP contribution in [0.4, 0.5) is 0 Å². The smallest absolute Gasteiger partial charge is 0.000764 e. The Hall–Kier alpha value is -3.90. The molecule has 5 aromatic rings. The first kappa shape index (κ1) is 16.0. The first-order chi connectivity index (χ1) is 14.9. The highest BCUT2D eigenvalue weighted by molar-refractivity contribution is 6.22. The van der Waals surface area contributed by atoms with Gasteiger partial charge in [0, 0.05) is 0 Å². The average molecular weight is 378 g/mol. The Balaban J connectivity index is 1.73. The molecule has 2 aliphatic carbocycles. The first-order valence-electron chi connectivity index (χ1n) is 10.5. The van der Waals surface area contributed by atoms with Crippen LogP contribution in [0.2, 0.25) is 0 Å². The second kappa shape index (κ2) is 5.81. The zero-order valence-corrected chi connectivity index (χ0v) is 16.4. The molecule has 2 aliphatic rings. The molecule has 0 aromatic heterocycles. The molecular formula is C30H18. The van der Waals surface area contributed by atoms with Crippen LogP contribution >= 0.6 is 0 Å². The fraction of sp³-hybridized carbons (Fsp3) is 0. The molecule has 0 nitrogen and oxygen atoms in total. The van der Waals surface area contributed by atoms with E-state index in [2.05, 4.69) is 109 Å². The van der Waals surface area contributed by atoms with Gasteiger partial charge in [-0.15, -0.1) is 0 Å². The Bertz CT molecular complexity index is 1480. The van der Waals surface area contributed by atoms with E-state index >= 15 is 0 Å². The minimum atomic E-state index is 1.29. The van der Waals surface area contributed by atoms with Gasteiger partial charge in [0.2, 0.25) is 0 Å². The van der Waals surface area contributed by atoms with Crippen LogP contribution in [0.25, 0.3) is 44.2 Å². The van der Waals surface area contributed by atoms with Crippen LogP contribution in [0.15, 0.2) is 109 Å². The van der Waals surface area contributed by atoms with Gasteiger partial charge in [0.15, 0.2) is 0 Å². The van der Waals surface area contributed by atoms with Crippen molar-refractivity contribution in [3.8, 4) is 22.3 Å². The summed E-state index contributed by atoms with van der Waals surface area (Å²) in [5, 5.41) is 2.62. The molecule has 0 radical (unpaired) electrons. The highest BCUT2D eigenvalue weighted by Gasteiger charge is 2.32. The van der Waals surface area contributed by atoms with Gasteiger partial charge in [0.1, 0.15) is 0 Å². The zero-order chi connectivity index (χ0) is 19.7. The Morgan fingerprint density at radius 2 is 0.767 bits per heavy atom. The van der Waals surface area contributed by atoms with Crippen LogP contribution in [0, 0.1) is 0 Å². The monoisotopic (exact) mass is 378 g/mol. The van der Waals surface area contributed by atoms with Crippen molar-refractivity contribution in [2.24, 2.45) is 0 Å². The van der Waals surface area contributed by atoms with Crippen LogP contribution in [-0.2, 0) is 0 Å². The molecule has 0 unspecified atom stereocenters. The molecular weight excluding hydrogens is 360 g/mol. The van der Waals surface area contributed by atoms with E-state index in [1.807, 2.05) is 0 Å². The number of rotatable bonds is 0. The van der Waals surface area contributed by atoms with Crippen LogP contribution in [0.3, 0.4) is 0 Å². The Labute approximate surface area is 175 Å². The van der Waals surface area contributed by atoms with E-state index in [9.17, 15) is 0 Å². The number of benzene rings is 5. The third-order valence-electron chi connectivity index (χ3n) is 6.60. The molecule has 0 heteroatoms. The summed E-state index contributed by atoms with van der Waals surface area (Å²) >= 11 is 0. The highest BCUT2D eigenvalue weighted by atomic mass is 14.3. The summed E-state index contributed by atoms with van der Waals surface area (Å²) in [4.78, 5) is 0. The van der Waals surface area contributed by atoms with Crippen molar-refractivity contribution in [3.63, 3.8) is 0 Å². The third-order valence-corrected chi connectivity index (χ3v) is 6.60. The van der Waals surface area contributed by atoms with E-state index in [-0.39, 0.29) is 0 Å². The van der Waals surface area contributed by atoms with Crippen molar-refractivity contribution in [2.75, 3.05) is 0 Å². The van der Waals surface area contributed by atoms with Crippen molar-refractivity contribution in [1.82, 2.24) is 0 Å². The second-order valence-electron chi connectivity index (χ2n) is 8.10. The predicted octanol–water partition coefficient (Wildman–Crippen LogP) is 7.81. The maximum Gasteiger partial charge on any atom is -0.000764 e. The zero-order valence-electron chi connectivity index (χ0n) is 16.4. The lowest BCUT2D eigenvalue weighted by Gasteiger charge is -2.13. The quantitative estimate of drug-likeness (QED) is 0.252. The molecule has 0 spiro atoms. The molecule has 0 saturated carbocycles. The number of hydrogen-bond donors (Lipinski definition) is 0. The van der Waals surface area contributed by atoms with E-state index in [4.69, 9.17) is 0 Å². The third kappa shape index (κ3) is 1.96. The van der Waals surface area contributed by atoms with Crippen molar-refractivity contribution >= 4 is 21.9 Å². The molecule has 5 aromatic carbocycles. The van der Waals surface area contributed by atoms with Crippen molar-refractivity contribution in [1.29, 1.82) is 0 Å². The fourth-order valence-corrected chi connectivity index (χ4v) is 5.38. The summed E-state index contributed by atoms with van der Waals surface area (Å²) in [6.07, 6.45) is 0. The first-order valence-corrected chi connectivity index (χ1v) is 10.5. The molecule has 0 fully saturated rings. The summed E-state index contributed by atoms with van der Waals surface area (Å²) in [5.41, 5.74) is 13.5. The molecule has 0 aliphatic heterocycles. The van der Waals surface area contributed by atoms with E-state index < -0.39 is 0 Å². The summed E-state index contributed by atoms with van der Waals surface area (Å²) in [5.74, 6) is 0. The van der Waals surface area contributed by atoms with E-state index in [1.54, 1.807) is 0 Å². The molecule has 30 heavy (non-hydrogen) atoms. The molecule has 0 amide bonds. The van der Waals surface area contributed by atoms with Gasteiger partial charge in [-0.2, -0.15) is 0 Å². The van der Waals surface area contributed by atoms with Crippen LogP contribution < -0.4 is 0 Å². The number of hydrogen-bond acceptors (Lipinski definition) is 0. The topological polar surface area (TPSA) is 0 Å².